The molecule has 2 unspecified atom stereocenters. The molecular formula is C24H20ClOS2+. The van der Waals surface area contributed by atoms with Gasteiger partial charge in [-0.1, -0.05) is 54.6 Å². The molecule has 4 heteroatoms. The van der Waals surface area contributed by atoms with Gasteiger partial charge in [-0.25, -0.2) is 12.2 Å². The van der Waals surface area contributed by atoms with Crippen molar-refractivity contribution in [2.24, 2.45) is 0 Å². The van der Waals surface area contributed by atoms with Crippen molar-refractivity contribution in [1.29, 1.82) is 0 Å². The van der Waals surface area contributed by atoms with Crippen LogP contribution < -0.4 is 0 Å². The molecule has 3 aromatic rings. The van der Waals surface area contributed by atoms with Crippen molar-refractivity contribution >= 4 is 32.0 Å². The molecule has 1 nitrogen and oxygen atoms in total. The first-order valence-electron chi connectivity index (χ1n) is 8.98. The van der Waals surface area contributed by atoms with Gasteiger partial charge in [0.15, 0.2) is 35.5 Å². The van der Waals surface area contributed by atoms with E-state index in [1.54, 1.807) is 0 Å². The van der Waals surface area contributed by atoms with Crippen LogP contribution in [0.25, 0.3) is 0 Å². The normalized spacial score (nSPS) is 19.4. The van der Waals surface area contributed by atoms with Gasteiger partial charge in [-0.3, -0.25) is 0 Å². The third-order valence-electron chi connectivity index (χ3n) is 4.24. The number of rotatable bonds is 6. The Hall–Kier alpha value is -2.04. The second-order valence-corrected chi connectivity index (χ2v) is 10.4. The van der Waals surface area contributed by atoms with E-state index >= 15 is 0 Å². The maximum atomic E-state index is 7.05. The Balaban J connectivity index is 1.75. The second-order valence-electron chi connectivity index (χ2n) is 6.18. The lowest BCUT2D eigenvalue weighted by Gasteiger charge is -2.29. The zero-order valence-corrected chi connectivity index (χ0v) is 17.5. The molecule has 0 bridgehead atoms. The molecule has 3 aromatic carbocycles. The van der Waals surface area contributed by atoms with Gasteiger partial charge >= 0.3 is 0 Å². The largest absolute Gasteiger partial charge is 0.278 e. The quantitative estimate of drug-likeness (QED) is 0.324. The highest BCUT2D eigenvalue weighted by Crippen LogP contribution is 2.42. The van der Waals surface area contributed by atoms with Crippen molar-refractivity contribution in [2.45, 2.75) is 19.6 Å². The lowest BCUT2D eigenvalue weighted by Crippen LogP contribution is -2.40. The zero-order chi connectivity index (χ0) is 19.2. The third-order valence-corrected chi connectivity index (χ3v) is 9.05. The SMILES string of the molecule is Cl[S+](c1ccccc1)C1(O[S+](c2ccccc2)c2ccccc2)C=CC=C[CH-]1. The van der Waals surface area contributed by atoms with Crippen LogP contribution in [0.3, 0.4) is 0 Å². The summed E-state index contributed by atoms with van der Waals surface area (Å²) >= 11 is -0.576. The van der Waals surface area contributed by atoms with Crippen molar-refractivity contribution in [3.8, 4) is 0 Å². The van der Waals surface area contributed by atoms with E-state index in [4.69, 9.17) is 14.9 Å². The summed E-state index contributed by atoms with van der Waals surface area (Å²) in [6, 6.07) is 30.8. The number of halogens is 1. The average Bonchev–Trinajstić information content (AvgIpc) is 2.79. The molecule has 0 fully saturated rings. The van der Waals surface area contributed by atoms with E-state index in [9.17, 15) is 0 Å². The molecule has 28 heavy (non-hydrogen) atoms. The van der Waals surface area contributed by atoms with Crippen LogP contribution in [0.1, 0.15) is 0 Å². The fraction of sp³-hybridized carbons (Fsp3) is 0.0417. The van der Waals surface area contributed by atoms with E-state index in [1.165, 1.54) is 0 Å². The van der Waals surface area contributed by atoms with Crippen molar-refractivity contribution < 1.29 is 4.18 Å². The van der Waals surface area contributed by atoms with Crippen LogP contribution in [0.2, 0.25) is 0 Å². The summed E-state index contributed by atoms with van der Waals surface area (Å²) in [5.41, 5.74) is 0. The Morgan fingerprint density at radius 3 is 1.64 bits per heavy atom. The summed E-state index contributed by atoms with van der Waals surface area (Å²) in [6.07, 6.45) is 10.2. The van der Waals surface area contributed by atoms with Gasteiger partial charge < -0.3 is 0 Å². The van der Waals surface area contributed by atoms with Gasteiger partial charge in [-0.05, 0) is 42.5 Å². The molecule has 0 amide bonds. The molecule has 140 valence electrons. The Morgan fingerprint density at radius 1 is 0.679 bits per heavy atom. The predicted molar refractivity (Wildman–Crippen MR) is 121 cm³/mol. The Morgan fingerprint density at radius 2 is 1.18 bits per heavy atom. The first kappa shape index (κ1) is 19.3. The number of allylic oxidation sites excluding steroid dienone is 2. The highest BCUT2D eigenvalue weighted by Gasteiger charge is 2.52. The van der Waals surface area contributed by atoms with Crippen LogP contribution >= 0.6 is 10.7 Å². The molecule has 2 atom stereocenters. The Bertz CT molecular complexity index is 905. The standard InChI is InChI=1S/C24H20ClOS2/c25-28(23-17-9-3-10-18-23)24(19-11-4-12-20-24)26-27(21-13-5-1-6-14-21)22-15-7-2-8-16-22/h1-20H/q+1. The summed E-state index contributed by atoms with van der Waals surface area (Å²) in [5, 5.41) is 0. The van der Waals surface area contributed by atoms with Gasteiger partial charge in [0.2, 0.25) is 11.2 Å². The number of hydrogen-bond donors (Lipinski definition) is 0. The minimum Gasteiger partial charge on any atom is -0.220 e. The van der Waals surface area contributed by atoms with Crippen LogP contribution in [0.5, 0.6) is 0 Å². The predicted octanol–water partition coefficient (Wildman–Crippen LogP) is 6.51. The lowest BCUT2D eigenvalue weighted by molar-refractivity contribution is 0.286. The van der Waals surface area contributed by atoms with Gasteiger partial charge in [0, 0.05) is 0 Å². The second kappa shape index (κ2) is 8.97. The Kier molecular flexibility index (Phi) is 6.18. The van der Waals surface area contributed by atoms with Gasteiger partial charge in [-0.2, -0.15) is 0 Å². The molecule has 0 heterocycles. The summed E-state index contributed by atoms with van der Waals surface area (Å²) < 4.78 is 6.88. The first-order valence-corrected chi connectivity index (χ1v) is 12.2. The summed E-state index contributed by atoms with van der Waals surface area (Å²) in [4.78, 5) is 2.61. The van der Waals surface area contributed by atoms with Crippen LogP contribution in [0.15, 0.2) is 130 Å². The molecule has 0 spiro atoms. The minimum absolute atomic E-state index is 0.576. The first-order chi connectivity index (χ1) is 13.8. The monoisotopic (exact) mass is 423 g/mol. The minimum atomic E-state index is -0.716. The molecule has 0 aromatic heterocycles. The maximum Gasteiger partial charge on any atom is 0.278 e. The molecule has 1 aliphatic rings. The molecule has 0 N–H and O–H groups in total. The summed E-state index contributed by atoms with van der Waals surface area (Å²) in [7, 11) is 6.37. The van der Waals surface area contributed by atoms with E-state index in [0.29, 0.717) is 0 Å². The van der Waals surface area contributed by atoms with E-state index < -0.39 is 26.2 Å². The molecule has 4 rings (SSSR count). The van der Waals surface area contributed by atoms with Gasteiger partial charge in [-0.15, -0.1) is 16.7 Å². The fourth-order valence-corrected chi connectivity index (χ4v) is 6.98. The van der Waals surface area contributed by atoms with Gasteiger partial charge in [0.25, 0.3) is 4.93 Å². The van der Waals surface area contributed by atoms with Crippen molar-refractivity contribution in [2.75, 3.05) is 0 Å². The number of hydrogen-bond acceptors (Lipinski definition) is 1. The van der Waals surface area contributed by atoms with Gasteiger partial charge in [0.05, 0.1) is 0 Å². The molecular weight excluding hydrogens is 404 g/mol. The molecule has 0 saturated carbocycles. The smallest absolute Gasteiger partial charge is 0.220 e. The highest BCUT2D eigenvalue weighted by molar-refractivity contribution is 8.19. The lowest BCUT2D eigenvalue weighted by atomic mass is 10.1. The highest BCUT2D eigenvalue weighted by atomic mass is 35.7. The van der Waals surface area contributed by atoms with E-state index in [1.807, 2.05) is 72.8 Å². The molecule has 0 saturated heterocycles. The van der Waals surface area contributed by atoms with Crippen LogP contribution in [0, 0.1) is 6.42 Å². The van der Waals surface area contributed by atoms with E-state index in [2.05, 4.69) is 48.9 Å². The molecule has 0 aliphatic heterocycles. The van der Waals surface area contributed by atoms with E-state index in [0.717, 1.165) is 14.7 Å². The van der Waals surface area contributed by atoms with Crippen molar-refractivity contribution in [1.82, 2.24) is 0 Å². The Labute approximate surface area is 177 Å². The molecule has 0 radical (unpaired) electrons. The average molecular weight is 424 g/mol. The third kappa shape index (κ3) is 4.18. The van der Waals surface area contributed by atoms with Crippen molar-refractivity contribution in [3.63, 3.8) is 0 Å². The van der Waals surface area contributed by atoms with Crippen molar-refractivity contribution in [3.05, 3.63) is 122 Å². The topological polar surface area (TPSA) is 9.23 Å². The van der Waals surface area contributed by atoms with Crippen LogP contribution in [0.4, 0.5) is 0 Å². The van der Waals surface area contributed by atoms with Gasteiger partial charge in [0.1, 0.15) is 0 Å². The summed E-state index contributed by atoms with van der Waals surface area (Å²) in [5.74, 6) is 0. The number of benzene rings is 3. The van der Waals surface area contributed by atoms with E-state index in [-0.39, 0.29) is 0 Å². The maximum absolute atomic E-state index is 7.05. The zero-order valence-electron chi connectivity index (χ0n) is 15.1. The summed E-state index contributed by atoms with van der Waals surface area (Å²) in [6.45, 7) is 0. The fourth-order valence-electron chi connectivity index (χ4n) is 2.88. The van der Waals surface area contributed by atoms with Crippen LogP contribution in [-0.2, 0) is 25.5 Å². The van der Waals surface area contributed by atoms with Crippen LogP contribution in [-0.4, -0.2) is 4.93 Å². The molecule has 1 aliphatic carbocycles.